The summed E-state index contributed by atoms with van der Waals surface area (Å²) in [5.41, 5.74) is 6.02. The number of para-hydroxylation sites is 1. The summed E-state index contributed by atoms with van der Waals surface area (Å²) in [6, 6.07) is 24.6. The molecule has 37 heavy (non-hydrogen) atoms. The first-order valence-corrected chi connectivity index (χ1v) is 11.8. The topological polar surface area (TPSA) is 117 Å². The Balaban J connectivity index is 1.74. The lowest BCUT2D eigenvalue weighted by Crippen LogP contribution is -2.48. The minimum atomic E-state index is -1.95. The number of nitrogens with one attached hydrogen (secondary N) is 1. The third kappa shape index (κ3) is 3.92. The minimum Gasteiger partial charge on any atom is -0.462 e. The maximum Gasteiger partial charge on any atom is 0.341 e. The summed E-state index contributed by atoms with van der Waals surface area (Å²) in [6.07, 6.45) is 0. The number of benzene rings is 3. The van der Waals surface area contributed by atoms with Crippen LogP contribution >= 0.6 is 0 Å². The quantitative estimate of drug-likeness (QED) is 0.499. The van der Waals surface area contributed by atoms with Crippen molar-refractivity contribution in [1.82, 2.24) is 0 Å². The van der Waals surface area contributed by atoms with Crippen LogP contribution in [0.3, 0.4) is 0 Å². The fourth-order valence-corrected chi connectivity index (χ4v) is 4.74. The van der Waals surface area contributed by atoms with Gasteiger partial charge >= 0.3 is 11.9 Å². The zero-order chi connectivity index (χ0) is 26.0. The molecule has 1 amide bonds. The predicted molar refractivity (Wildman–Crippen MR) is 135 cm³/mol. The number of ether oxygens (including phenoxy) is 3. The SMILES string of the molecule is CCOC(=O)C1=C(c2ccccc2)OC(N)=C(C(=O)OCc2ccccc2)[C@@]12C(=O)Nc1ccccc12. The van der Waals surface area contributed by atoms with Crippen molar-refractivity contribution < 1.29 is 28.6 Å². The fraction of sp³-hybridized carbons (Fsp3) is 0.138. The van der Waals surface area contributed by atoms with Crippen LogP contribution in [0.1, 0.15) is 23.6 Å². The predicted octanol–water partition coefficient (Wildman–Crippen LogP) is 3.79. The Morgan fingerprint density at radius 3 is 2.19 bits per heavy atom. The lowest BCUT2D eigenvalue weighted by Gasteiger charge is -2.36. The van der Waals surface area contributed by atoms with Crippen molar-refractivity contribution >= 4 is 29.3 Å². The highest BCUT2D eigenvalue weighted by Gasteiger charge is 2.62. The Morgan fingerprint density at radius 1 is 0.865 bits per heavy atom. The van der Waals surface area contributed by atoms with Crippen LogP contribution in [0, 0.1) is 0 Å². The van der Waals surface area contributed by atoms with Crippen molar-refractivity contribution in [3.8, 4) is 0 Å². The second-order valence-electron chi connectivity index (χ2n) is 8.44. The molecule has 3 aromatic carbocycles. The molecule has 0 unspecified atom stereocenters. The molecule has 1 spiro atoms. The van der Waals surface area contributed by atoms with Crippen LogP contribution < -0.4 is 11.1 Å². The van der Waals surface area contributed by atoms with Crippen LogP contribution in [-0.4, -0.2) is 24.5 Å². The molecule has 2 aliphatic heterocycles. The van der Waals surface area contributed by atoms with Crippen molar-refractivity contribution in [2.45, 2.75) is 18.9 Å². The standard InChI is InChI=1S/C29H24N2O6/c1-2-35-26(32)22-24(19-13-7-4-8-14-19)37-25(30)23(27(33)36-17-18-11-5-3-6-12-18)29(22)20-15-9-10-16-21(20)31-28(29)34/h3-16H,2,17,30H2,1H3,(H,31,34)/t29-/m0/s1. The third-order valence-electron chi connectivity index (χ3n) is 6.29. The number of anilines is 1. The van der Waals surface area contributed by atoms with Gasteiger partial charge in [-0.25, -0.2) is 9.59 Å². The van der Waals surface area contributed by atoms with Gasteiger partial charge < -0.3 is 25.3 Å². The first kappa shape index (κ1) is 23.9. The first-order valence-electron chi connectivity index (χ1n) is 11.8. The molecule has 8 nitrogen and oxygen atoms in total. The van der Waals surface area contributed by atoms with E-state index in [1.807, 2.05) is 18.2 Å². The molecule has 2 aliphatic rings. The van der Waals surface area contributed by atoms with E-state index in [0.29, 0.717) is 16.8 Å². The molecule has 5 rings (SSSR count). The van der Waals surface area contributed by atoms with E-state index in [-0.39, 0.29) is 36.0 Å². The molecule has 186 valence electrons. The zero-order valence-corrected chi connectivity index (χ0v) is 20.0. The highest BCUT2D eigenvalue weighted by molar-refractivity contribution is 6.23. The van der Waals surface area contributed by atoms with Crippen molar-refractivity contribution in [1.29, 1.82) is 0 Å². The second-order valence-corrected chi connectivity index (χ2v) is 8.44. The van der Waals surface area contributed by atoms with Gasteiger partial charge in [0.05, 0.1) is 6.61 Å². The van der Waals surface area contributed by atoms with E-state index in [1.165, 1.54) is 0 Å². The number of amides is 1. The first-order chi connectivity index (χ1) is 18.0. The number of carbonyl (C=O) groups is 3. The summed E-state index contributed by atoms with van der Waals surface area (Å²) in [7, 11) is 0. The lowest BCUT2D eigenvalue weighted by molar-refractivity contribution is -0.143. The number of nitrogens with two attached hydrogens (primary N) is 1. The van der Waals surface area contributed by atoms with E-state index >= 15 is 0 Å². The average Bonchev–Trinajstić information content (AvgIpc) is 3.20. The van der Waals surface area contributed by atoms with Crippen LogP contribution in [0.5, 0.6) is 0 Å². The maximum atomic E-state index is 13.9. The summed E-state index contributed by atoms with van der Waals surface area (Å²) in [5, 5.41) is 2.80. The van der Waals surface area contributed by atoms with Crippen molar-refractivity contribution in [3.63, 3.8) is 0 Å². The Bertz CT molecular complexity index is 1450. The van der Waals surface area contributed by atoms with E-state index in [2.05, 4.69) is 5.32 Å². The molecule has 0 radical (unpaired) electrons. The van der Waals surface area contributed by atoms with Crippen LogP contribution in [0.15, 0.2) is 102 Å². The van der Waals surface area contributed by atoms with E-state index in [1.54, 1.807) is 73.7 Å². The molecule has 2 heterocycles. The zero-order valence-electron chi connectivity index (χ0n) is 20.0. The molecule has 0 aliphatic carbocycles. The van der Waals surface area contributed by atoms with Gasteiger partial charge in [-0.2, -0.15) is 0 Å². The molecule has 0 fully saturated rings. The van der Waals surface area contributed by atoms with Gasteiger partial charge in [-0.3, -0.25) is 4.79 Å². The van der Waals surface area contributed by atoms with Crippen LogP contribution in [0.25, 0.3) is 5.76 Å². The number of hydrogen-bond donors (Lipinski definition) is 2. The van der Waals surface area contributed by atoms with Gasteiger partial charge in [0.1, 0.15) is 28.9 Å². The average molecular weight is 497 g/mol. The van der Waals surface area contributed by atoms with Gasteiger partial charge in [0, 0.05) is 16.8 Å². The molecule has 3 aromatic rings. The molecule has 1 atom stereocenters. The second kappa shape index (κ2) is 9.66. The van der Waals surface area contributed by atoms with E-state index in [9.17, 15) is 14.4 Å². The maximum absolute atomic E-state index is 13.9. The van der Waals surface area contributed by atoms with Gasteiger partial charge in [-0.15, -0.1) is 0 Å². The minimum absolute atomic E-state index is 0.0306. The third-order valence-corrected chi connectivity index (χ3v) is 6.29. The number of carbonyl (C=O) groups excluding carboxylic acids is 3. The van der Waals surface area contributed by atoms with Crippen LogP contribution in [0.2, 0.25) is 0 Å². The summed E-state index contributed by atoms with van der Waals surface area (Å²) in [4.78, 5) is 41.2. The molecular formula is C29H24N2O6. The van der Waals surface area contributed by atoms with Gasteiger partial charge in [-0.1, -0.05) is 78.9 Å². The Morgan fingerprint density at radius 2 is 1.49 bits per heavy atom. The van der Waals surface area contributed by atoms with Crippen LogP contribution in [-0.2, 0) is 40.6 Å². The van der Waals surface area contributed by atoms with Gasteiger partial charge in [-0.05, 0) is 18.6 Å². The number of hydrogen-bond acceptors (Lipinski definition) is 7. The smallest absolute Gasteiger partial charge is 0.341 e. The fourth-order valence-electron chi connectivity index (χ4n) is 4.74. The Kier molecular flexibility index (Phi) is 6.23. The summed E-state index contributed by atoms with van der Waals surface area (Å²) < 4.78 is 17.0. The number of esters is 2. The van der Waals surface area contributed by atoms with Gasteiger partial charge in [0.15, 0.2) is 0 Å². The summed E-state index contributed by atoms with van der Waals surface area (Å²) >= 11 is 0. The van der Waals surface area contributed by atoms with E-state index in [4.69, 9.17) is 19.9 Å². The normalized spacial score (nSPS) is 18.2. The molecule has 0 saturated heterocycles. The molecular weight excluding hydrogens is 472 g/mol. The molecule has 0 aromatic heterocycles. The van der Waals surface area contributed by atoms with Gasteiger partial charge in [0.25, 0.3) is 0 Å². The van der Waals surface area contributed by atoms with E-state index < -0.39 is 23.3 Å². The molecule has 3 N–H and O–H groups in total. The van der Waals surface area contributed by atoms with E-state index in [0.717, 1.165) is 5.56 Å². The Labute approximate surface area is 213 Å². The molecule has 0 saturated carbocycles. The highest BCUT2D eigenvalue weighted by Crippen LogP contribution is 2.54. The summed E-state index contributed by atoms with van der Waals surface area (Å²) in [5.74, 6) is -2.64. The highest BCUT2D eigenvalue weighted by atomic mass is 16.5. The van der Waals surface area contributed by atoms with Crippen molar-refractivity contribution in [2.24, 2.45) is 5.73 Å². The molecule has 8 heteroatoms. The summed E-state index contributed by atoms with van der Waals surface area (Å²) in [6.45, 7) is 1.62. The number of rotatable bonds is 6. The van der Waals surface area contributed by atoms with Gasteiger partial charge in [0.2, 0.25) is 11.8 Å². The molecule has 0 bridgehead atoms. The van der Waals surface area contributed by atoms with Crippen molar-refractivity contribution in [2.75, 3.05) is 11.9 Å². The van der Waals surface area contributed by atoms with Crippen LogP contribution in [0.4, 0.5) is 5.69 Å². The van der Waals surface area contributed by atoms with Crippen molar-refractivity contribution in [3.05, 3.63) is 119 Å². The largest absolute Gasteiger partial charge is 0.462 e. The Hall–Kier alpha value is -4.85. The lowest BCUT2D eigenvalue weighted by atomic mass is 9.67. The number of fused-ring (bicyclic) bond motifs is 2. The monoisotopic (exact) mass is 496 g/mol.